The van der Waals surface area contributed by atoms with Crippen LogP contribution in [0.1, 0.15) is 16.9 Å². The molecule has 1 aliphatic heterocycles. The SMILES string of the molecule is COCCCNC(=O)CN(C)CC(=O)N1CCc2sccc2C1. The Bertz CT molecular complexity index is 532. The van der Waals surface area contributed by atoms with Gasteiger partial charge in [-0.05, 0) is 36.9 Å². The topological polar surface area (TPSA) is 61.9 Å². The molecular formula is C16H25N3O3S. The number of hydrogen-bond donors (Lipinski definition) is 1. The standard InChI is InChI=1S/C16H25N3O3S/c1-18(11-15(20)17-6-3-8-22-2)12-16(21)19-7-4-14-13(10-19)5-9-23-14/h5,9H,3-4,6-8,10-12H2,1-2H3,(H,17,20). The second-order valence-electron chi connectivity index (χ2n) is 5.80. The smallest absolute Gasteiger partial charge is 0.237 e. The number of carbonyl (C=O) groups is 2. The number of hydrogen-bond acceptors (Lipinski definition) is 5. The Morgan fingerprint density at radius 3 is 3.04 bits per heavy atom. The molecule has 1 aromatic heterocycles. The Morgan fingerprint density at radius 2 is 2.26 bits per heavy atom. The van der Waals surface area contributed by atoms with Gasteiger partial charge >= 0.3 is 0 Å². The maximum Gasteiger partial charge on any atom is 0.237 e. The molecule has 1 aromatic rings. The molecular weight excluding hydrogens is 314 g/mol. The summed E-state index contributed by atoms with van der Waals surface area (Å²) in [6.45, 7) is 3.19. The Morgan fingerprint density at radius 1 is 1.43 bits per heavy atom. The molecule has 7 heteroatoms. The molecule has 128 valence electrons. The molecule has 0 unspecified atom stereocenters. The lowest BCUT2D eigenvalue weighted by molar-refractivity contribution is -0.133. The van der Waals surface area contributed by atoms with E-state index < -0.39 is 0 Å². The monoisotopic (exact) mass is 339 g/mol. The first kappa shape index (κ1) is 17.9. The number of amides is 2. The van der Waals surface area contributed by atoms with Gasteiger partial charge in [-0.25, -0.2) is 0 Å². The van der Waals surface area contributed by atoms with Crippen molar-refractivity contribution in [2.75, 3.05) is 46.9 Å². The molecule has 6 nitrogen and oxygen atoms in total. The van der Waals surface area contributed by atoms with Crippen LogP contribution in [0.2, 0.25) is 0 Å². The third kappa shape index (κ3) is 5.60. The molecule has 0 radical (unpaired) electrons. The quantitative estimate of drug-likeness (QED) is 0.709. The van der Waals surface area contributed by atoms with Crippen LogP contribution in [0.4, 0.5) is 0 Å². The van der Waals surface area contributed by atoms with Gasteiger partial charge < -0.3 is 15.0 Å². The molecule has 0 aliphatic carbocycles. The molecule has 0 saturated carbocycles. The van der Waals surface area contributed by atoms with E-state index in [1.807, 2.05) is 4.90 Å². The highest BCUT2D eigenvalue weighted by atomic mass is 32.1. The van der Waals surface area contributed by atoms with Crippen LogP contribution in [0.3, 0.4) is 0 Å². The van der Waals surface area contributed by atoms with Gasteiger partial charge in [0.1, 0.15) is 0 Å². The van der Waals surface area contributed by atoms with Crippen LogP contribution in [0.25, 0.3) is 0 Å². The zero-order valence-electron chi connectivity index (χ0n) is 13.8. The number of ether oxygens (including phenoxy) is 1. The number of thiophene rings is 1. The summed E-state index contributed by atoms with van der Waals surface area (Å²) in [5.74, 6) is 0.0201. The minimum atomic E-state index is -0.0600. The van der Waals surface area contributed by atoms with Crippen LogP contribution in [0, 0.1) is 0 Å². The van der Waals surface area contributed by atoms with Crippen LogP contribution in [-0.4, -0.2) is 68.6 Å². The van der Waals surface area contributed by atoms with Crippen molar-refractivity contribution in [2.45, 2.75) is 19.4 Å². The van der Waals surface area contributed by atoms with Crippen molar-refractivity contribution in [3.05, 3.63) is 21.9 Å². The van der Waals surface area contributed by atoms with Crippen LogP contribution in [0.15, 0.2) is 11.4 Å². The lowest BCUT2D eigenvalue weighted by atomic mass is 10.1. The lowest BCUT2D eigenvalue weighted by Crippen LogP contribution is -2.44. The number of carbonyl (C=O) groups excluding carboxylic acids is 2. The number of likely N-dealkylation sites (N-methyl/N-ethyl adjacent to an activating group) is 1. The predicted molar refractivity (Wildman–Crippen MR) is 90.4 cm³/mol. The Hall–Kier alpha value is -1.44. The molecule has 0 bridgehead atoms. The number of nitrogens with zero attached hydrogens (tertiary/aromatic N) is 2. The second-order valence-corrected chi connectivity index (χ2v) is 6.80. The largest absolute Gasteiger partial charge is 0.385 e. The average molecular weight is 339 g/mol. The third-order valence-corrected chi connectivity index (χ3v) is 4.85. The molecule has 0 fully saturated rings. The second kappa shape index (κ2) is 9.00. The van der Waals surface area contributed by atoms with E-state index in [9.17, 15) is 9.59 Å². The fraction of sp³-hybridized carbons (Fsp3) is 0.625. The summed E-state index contributed by atoms with van der Waals surface area (Å²) in [5, 5.41) is 4.91. The number of rotatable bonds is 8. The van der Waals surface area contributed by atoms with E-state index in [-0.39, 0.29) is 24.9 Å². The van der Waals surface area contributed by atoms with Crippen molar-refractivity contribution in [2.24, 2.45) is 0 Å². The van der Waals surface area contributed by atoms with Gasteiger partial charge in [0.05, 0.1) is 13.1 Å². The van der Waals surface area contributed by atoms with E-state index in [1.165, 1.54) is 10.4 Å². The summed E-state index contributed by atoms with van der Waals surface area (Å²) in [7, 11) is 3.44. The Labute approximate surface area is 141 Å². The molecule has 2 rings (SSSR count). The molecule has 0 saturated heterocycles. The minimum Gasteiger partial charge on any atom is -0.385 e. The summed E-state index contributed by atoms with van der Waals surface area (Å²) in [6.07, 6.45) is 1.73. The summed E-state index contributed by atoms with van der Waals surface area (Å²) < 4.78 is 4.93. The molecule has 0 atom stereocenters. The molecule has 1 N–H and O–H groups in total. The summed E-state index contributed by atoms with van der Waals surface area (Å²) in [5.41, 5.74) is 1.26. The fourth-order valence-electron chi connectivity index (χ4n) is 2.59. The first-order valence-corrected chi connectivity index (χ1v) is 8.75. The normalized spacial score (nSPS) is 14.0. The Kier molecular flexibility index (Phi) is 7.01. The van der Waals surface area contributed by atoms with E-state index in [1.54, 1.807) is 30.4 Å². The van der Waals surface area contributed by atoms with Crippen molar-refractivity contribution in [1.29, 1.82) is 0 Å². The van der Waals surface area contributed by atoms with Gasteiger partial charge in [-0.2, -0.15) is 0 Å². The predicted octanol–water partition coefficient (Wildman–Crippen LogP) is 0.717. The molecule has 0 spiro atoms. The van der Waals surface area contributed by atoms with Crippen molar-refractivity contribution in [1.82, 2.24) is 15.1 Å². The maximum atomic E-state index is 12.4. The van der Waals surface area contributed by atoms with Crippen LogP contribution in [0.5, 0.6) is 0 Å². The zero-order chi connectivity index (χ0) is 16.7. The van der Waals surface area contributed by atoms with Crippen molar-refractivity contribution in [3.8, 4) is 0 Å². The van der Waals surface area contributed by atoms with Gasteiger partial charge in [-0.3, -0.25) is 14.5 Å². The highest BCUT2D eigenvalue weighted by Gasteiger charge is 2.22. The van der Waals surface area contributed by atoms with Crippen LogP contribution < -0.4 is 5.32 Å². The average Bonchev–Trinajstić information content (AvgIpc) is 2.98. The van der Waals surface area contributed by atoms with E-state index >= 15 is 0 Å². The molecule has 0 aromatic carbocycles. The van der Waals surface area contributed by atoms with E-state index in [4.69, 9.17) is 4.74 Å². The third-order valence-electron chi connectivity index (χ3n) is 3.83. The fourth-order valence-corrected chi connectivity index (χ4v) is 3.48. The van der Waals surface area contributed by atoms with Crippen molar-refractivity contribution < 1.29 is 14.3 Å². The number of nitrogens with one attached hydrogen (secondary N) is 1. The molecule has 23 heavy (non-hydrogen) atoms. The van der Waals surface area contributed by atoms with Gasteiger partial charge in [-0.15, -0.1) is 11.3 Å². The first-order chi connectivity index (χ1) is 11.1. The van der Waals surface area contributed by atoms with Gasteiger partial charge in [-0.1, -0.05) is 0 Å². The molecule has 2 heterocycles. The van der Waals surface area contributed by atoms with Crippen molar-refractivity contribution >= 4 is 23.2 Å². The van der Waals surface area contributed by atoms with E-state index in [0.29, 0.717) is 19.7 Å². The van der Waals surface area contributed by atoms with Gasteiger partial charge in [0, 0.05) is 38.2 Å². The maximum absolute atomic E-state index is 12.4. The van der Waals surface area contributed by atoms with Crippen molar-refractivity contribution in [3.63, 3.8) is 0 Å². The Balaban J connectivity index is 1.69. The zero-order valence-corrected chi connectivity index (χ0v) is 14.7. The van der Waals surface area contributed by atoms with E-state index in [2.05, 4.69) is 16.8 Å². The summed E-state index contributed by atoms with van der Waals surface area (Å²) in [4.78, 5) is 29.2. The first-order valence-electron chi connectivity index (χ1n) is 7.87. The highest BCUT2D eigenvalue weighted by molar-refractivity contribution is 7.10. The lowest BCUT2D eigenvalue weighted by Gasteiger charge is -2.28. The van der Waals surface area contributed by atoms with Crippen LogP contribution >= 0.6 is 11.3 Å². The van der Waals surface area contributed by atoms with Gasteiger partial charge in [0.2, 0.25) is 11.8 Å². The van der Waals surface area contributed by atoms with Crippen LogP contribution in [-0.2, 0) is 27.3 Å². The highest BCUT2D eigenvalue weighted by Crippen LogP contribution is 2.23. The number of fused-ring (bicyclic) bond motifs is 1. The molecule has 1 aliphatic rings. The number of methoxy groups -OCH3 is 1. The minimum absolute atomic E-state index is 0.0600. The van der Waals surface area contributed by atoms with Gasteiger partial charge in [0.15, 0.2) is 0 Å². The van der Waals surface area contributed by atoms with E-state index in [0.717, 1.165) is 19.4 Å². The summed E-state index contributed by atoms with van der Waals surface area (Å²) in [6, 6.07) is 2.09. The van der Waals surface area contributed by atoms with Gasteiger partial charge in [0.25, 0.3) is 0 Å². The summed E-state index contributed by atoms with van der Waals surface area (Å²) >= 11 is 1.76. The molecule has 2 amide bonds.